The van der Waals surface area contributed by atoms with Gasteiger partial charge < -0.3 is 5.32 Å². The average molecular weight is 292 g/mol. The number of anilines is 2. The molecule has 0 aliphatic rings. The van der Waals surface area contributed by atoms with Crippen LogP contribution in [0.1, 0.15) is 12.5 Å². The Labute approximate surface area is 122 Å². The molecule has 0 saturated heterocycles. The number of nitrogens with one attached hydrogen (secondary N) is 1. The highest BCUT2D eigenvalue weighted by molar-refractivity contribution is 7.98. The normalized spacial score (nSPS) is 10.9. The van der Waals surface area contributed by atoms with E-state index in [-0.39, 0.29) is 0 Å². The number of hydrogen-bond acceptors (Lipinski definition) is 4. The molecule has 0 radical (unpaired) electrons. The van der Waals surface area contributed by atoms with E-state index >= 15 is 0 Å². The van der Waals surface area contributed by atoms with Crippen LogP contribution in [0.4, 0.5) is 11.5 Å². The maximum absolute atomic E-state index is 6.01. The van der Waals surface area contributed by atoms with Crippen molar-refractivity contribution in [2.24, 2.45) is 0 Å². The van der Waals surface area contributed by atoms with Crippen LogP contribution in [-0.2, 0) is 0 Å². The van der Waals surface area contributed by atoms with E-state index in [1.807, 2.05) is 49.6 Å². The highest BCUT2D eigenvalue weighted by atomic mass is 35.5. The SMILES string of the molecule is C/C=C/c1cc(Cl)ccc1Nc1ccnc(SC)n1. The molecule has 0 atom stereocenters. The van der Waals surface area contributed by atoms with Crippen LogP contribution in [-0.4, -0.2) is 16.2 Å². The van der Waals surface area contributed by atoms with Crippen molar-refractivity contribution in [3.8, 4) is 0 Å². The molecule has 0 unspecified atom stereocenters. The summed E-state index contributed by atoms with van der Waals surface area (Å²) in [5.74, 6) is 0.771. The summed E-state index contributed by atoms with van der Waals surface area (Å²) in [7, 11) is 0. The Morgan fingerprint density at radius 2 is 2.16 bits per heavy atom. The van der Waals surface area contributed by atoms with Crippen molar-refractivity contribution < 1.29 is 0 Å². The van der Waals surface area contributed by atoms with Crippen LogP contribution in [0, 0.1) is 0 Å². The van der Waals surface area contributed by atoms with Crippen molar-refractivity contribution in [1.29, 1.82) is 0 Å². The van der Waals surface area contributed by atoms with Gasteiger partial charge in [0.25, 0.3) is 0 Å². The van der Waals surface area contributed by atoms with Gasteiger partial charge in [0.1, 0.15) is 5.82 Å². The minimum Gasteiger partial charge on any atom is -0.340 e. The summed E-state index contributed by atoms with van der Waals surface area (Å²) in [5, 5.41) is 4.74. The molecule has 1 aromatic carbocycles. The number of allylic oxidation sites excluding steroid dienone is 1. The first-order valence-electron chi connectivity index (χ1n) is 5.79. The zero-order valence-corrected chi connectivity index (χ0v) is 12.3. The number of rotatable bonds is 4. The molecule has 0 amide bonds. The van der Waals surface area contributed by atoms with E-state index in [1.165, 1.54) is 11.8 Å². The van der Waals surface area contributed by atoms with Gasteiger partial charge in [-0.3, -0.25) is 0 Å². The highest BCUT2D eigenvalue weighted by Crippen LogP contribution is 2.25. The molecule has 3 nitrogen and oxygen atoms in total. The van der Waals surface area contributed by atoms with Gasteiger partial charge in [0.15, 0.2) is 5.16 Å². The molecule has 0 saturated carbocycles. The first kappa shape index (κ1) is 13.9. The number of aromatic nitrogens is 2. The molecule has 19 heavy (non-hydrogen) atoms. The Hall–Kier alpha value is -1.52. The van der Waals surface area contributed by atoms with E-state index < -0.39 is 0 Å². The minimum atomic E-state index is 0.714. The van der Waals surface area contributed by atoms with Crippen molar-refractivity contribution in [2.45, 2.75) is 12.1 Å². The van der Waals surface area contributed by atoms with Gasteiger partial charge in [-0.1, -0.05) is 35.5 Å². The van der Waals surface area contributed by atoms with Gasteiger partial charge >= 0.3 is 0 Å². The molecule has 2 aromatic rings. The summed E-state index contributed by atoms with van der Waals surface area (Å²) >= 11 is 7.53. The zero-order chi connectivity index (χ0) is 13.7. The average Bonchev–Trinajstić information content (AvgIpc) is 2.42. The standard InChI is InChI=1S/C14H14ClN3S/c1-3-4-10-9-11(15)5-6-12(10)17-13-7-8-16-14(18-13)19-2/h3-9H,1-2H3,(H,16,17,18)/b4-3+. The van der Waals surface area contributed by atoms with Gasteiger partial charge in [-0.05, 0) is 43.0 Å². The van der Waals surface area contributed by atoms with Gasteiger partial charge in [-0.2, -0.15) is 0 Å². The third kappa shape index (κ3) is 3.72. The highest BCUT2D eigenvalue weighted by Gasteiger charge is 2.03. The van der Waals surface area contributed by atoms with Crippen LogP contribution in [0.25, 0.3) is 6.08 Å². The van der Waals surface area contributed by atoms with E-state index in [2.05, 4.69) is 15.3 Å². The number of halogens is 1. The van der Waals surface area contributed by atoms with Gasteiger partial charge in [-0.15, -0.1) is 0 Å². The first-order chi connectivity index (χ1) is 9.22. The van der Waals surface area contributed by atoms with Crippen molar-refractivity contribution in [3.05, 3.63) is 47.1 Å². The van der Waals surface area contributed by atoms with Gasteiger partial charge in [-0.25, -0.2) is 9.97 Å². The van der Waals surface area contributed by atoms with E-state index in [0.717, 1.165) is 22.2 Å². The predicted octanol–water partition coefficient (Wildman–Crippen LogP) is 4.63. The Bertz CT molecular complexity index is 599. The maximum Gasteiger partial charge on any atom is 0.189 e. The molecule has 0 fully saturated rings. The fourth-order valence-corrected chi connectivity index (χ4v) is 2.15. The number of benzene rings is 1. The molecule has 1 aromatic heterocycles. The predicted molar refractivity (Wildman–Crippen MR) is 83.3 cm³/mol. The Kier molecular flexibility index (Phi) is 4.82. The summed E-state index contributed by atoms with van der Waals surface area (Å²) in [5.41, 5.74) is 1.99. The van der Waals surface area contributed by atoms with Crippen molar-refractivity contribution in [2.75, 3.05) is 11.6 Å². The lowest BCUT2D eigenvalue weighted by molar-refractivity contribution is 0.975. The molecule has 0 spiro atoms. The molecular weight excluding hydrogens is 278 g/mol. The van der Waals surface area contributed by atoms with Crippen LogP contribution in [0.3, 0.4) is 0 Å². The zero-order valence-electron chi connectivity index (χ0n) is 10.7. The minimum absolute atomic E-state index is 0.714. The fraction of sp³-hybridized carbons (Fsp3) is 0.143. The van der Waals surface area contributed by atoms with Crippen LogP contribution in [0.15, 0.2) is 41.7 Å². The summed E-state index contributed by atoms with van der Waals surface area (Å²) in [6, 6.07) is 7.56. The summed E-state index contributed by atoms with van der Waals surface area (Å²) in [6.45, 7) is 1.97. The van der Waals surface area contributed by atoms with Gasteiger partial charge in [0, 0.05) is 16.9 Å². The van der Waals surface area contributed by atoms with Crippen LogP contribution in [0.2, 0.25) is 5.02 Å². The molecule has 1 heterocycles. The van der Waals surface area contributed by atoms with Crippen molar-refractivity contribution in [3.63, 3.8) is 0 Å². The van der Waals surface area contributed by atoms with Gasteiger partial charge in [0.2, 0.25) is 0 Å². The second-order valence-corrected chi connectivity index (χ2v) is 4.99. The molecule has 0 aliphatic heterocycles. The van der Waals surface area contributed by atoms with Crippen LogP contribution in [0.5, 0.6) is 0 Å². The summed E-state index contributed by atoms with van der Waals surface area (Å²) < 4.78 is 0. The van der Waals surface area contributed by atoms with Crippen molar-refractivity contribution >= 4 is 40.9 Å². The third-order valence-electron chi connectivity index (χ3n) is 2.44. The Morgan fingerprint density at radius 1 is 1.32 bits per heavy atom. The molecule has 1 N–H and O–H groups in total. The lowest BCUT2D eigenvalue weighted by atomic mass is 10.1. The monoisotopic (exact) mass is 291 g/mol. The molecule has 2 rings (SSSR count). The van der Waals surface area contributed by atoms with E-state index in [1.54, 1.807) is 6.20 Å². The summed E-state index contributed by atoms with van der Waals surface area (Å²) in [6.07, 6.45) is 7.67. The Balaban J connectivity index is 2.31. The van der Waals surface area contributed by atoms with E-state index in [4.69, 9.17) is 11.6 Å². The second kappa shape index (κ2) is 6.59. The topological polar surface area (TPSA) is 37.8 Å². The second-order valence-electron chi connectivity index (χ2n) is 3.79. The first-order valence-corrected chi connectivity index (χ1v) is 7.39. The van der Waals surface area contributed by atoms with Crippen LogP contribution >= 0.6 is 23.4 Å². The smallest absolute Gasteiger partial charge is 0.189 e. The Morgan fingerprint density at radius 3 is 2.89 bits per heavy atom. The molecule has 5 heteroatoms. The molecule has 0 aliphatic carbocycles. The molecule has 0 bridgehead atoms. The van der Waals surface area contributed by atoms with E-state index in [9.17, 15) is 0 Å². The lowest BCUT2D eigenvalue weighted by Gasteiger charge is -2.10. The molecule has 98 valence electrons. The molecular formula is C14H14ClN3S. The summed E-state index contributed by atoms with van der Waals surface area (Å²) in [4.78, 5) is 8.54. The number of hydrogen-bond donors (Lipinski definition) is 1. The number of thioether (sulfide) groups is 1. The third-order valence-corrected chi connectivity index (χ3v) is 3.24. The van der Waals surface area contributed by atoms with Crippen molar-refractivity contribution in [1.82, 2.24) is 9.97 Å². The van der Waals surface area contributed by atoms with E-state index in [0.29, 0.717) is 5.02 Å². The maximum atomic E-state index is 6.01. The quantitative estimate of drug-likeness (QED) is 0.658. The van der Waals surface area contributed by atoms with Gasteiger partial charge in [0.05, 0.1) is 0 Å². The largest absolute Gasteiger partial charge is 0.340 e. The lowest BCUT2D eigenvalue weighted by Crippen LogP contribution is -1.97. The number of nitrogens with zero attached hydrogens (tertiary/aromatic N) is 2. The fourth-order valence-electron chi connectivity index (χ4n) is 1.61. The van der Waals surface area contributed by atoms with Crippen LogP contribution < -0.4 is 5.32 Å².